The second-order valence-electron chi connectivity index (χ2n) is 4.18. The van der Waals surface area contributed by atoms with Gasteiger partial charge in [-0.2, -0.15) is 9.67 Å². The molecule has 0 unspecified atom stereocenters. The van der Waals surface area contributed by atoms with Crippen molar-refractivity contribution in [2.75, 3.05) is 11.9 Å². The molecule has 0 fully saturated rings. The topological polar surface area (TPSA) is 77.8 Å². The molecule has 0 aliphatic carbocycles. The fraction of sp³-hybridized carbons (Fsp3) is 0.143. The largest absolute Gasteiger partial charge is 0.494 e. The Bertz CT molecular complexity index is 765. The van der Waals surface area contributed by atoms with Crippen LogP contribution < -0.4 is 10.1 Å². The van der Waals surface area contributed by atoms with Crippen molar-refractivity contribution < 1.29 is 4.74 Å². The molecule has 0 saturated heterocycles. The molecular formula is C14H14N6O. The van der Waals surface area contributed by atoms with E-state index in [-0.39, 0.29) is 0 Å². The maximum Gasteiger partial charge on any atom is 0.228 e. The summed E-state index contributed by atoms with van der Waals surface area (Å²) in [6.45, 7) is 6.17. The molecule has 0 aliphatic heterocycles. The second-order valence-corrected chi connectivity index (χ2v) is 4.18. The van der Waals surface area contributed by atoms with Crippen LogP contribution in [0.4, 0.5) is 5.95 Å². The Balaban J connectivity index is 2.02. The summed E-state index contributed by atoms with van der Waals surface area (Å²) in [6.07, 6.45) is 3.14. The first kappa shape index (κ1) is 13.0. The molecule has 1 aromatic carbocycles. The highest BCUT2D eigenvalue weighted by Crippen LogP contribution is 2.18. The summed E-state index contributed by atoms with van der Waals surface area (Å²) >= 11 is 0. The van der Waals surface area contributed by atoms with Gasteiger partial charge in [-0.15, -0.1) is 5.10 Å². The van der Waals surface area contributed by atoms with Crippen LogP contribution in [0.2, 0.25) is 0 Å². The third-order valence-electron chi connectivity index (χ3n) is 2.82. The van der Waals surface area contributed by atoms with Crippen molar-refractivity contribution >= 4 is 17.1 Å². The molecule has 21 heavy (non-hydrogen) atoms. The second kappa shape index (κ2) is 5.58. The van der Waals surface area contributed by atoms with Gasteiger partial charge in [0.05, 0.1) is 18.5 Å². The monoisotopic (exact) mass is 282 g/mol. The lowest BCUT2D eigenvalue weighted by atomic mass is 10.3. The summed E-state index contributed by atoms with van der Waals surface area (Å²) in [7, 11) is 0. The normalized spacial score (nSPS) is 10.5. The van der Waals surface area contributed by atoms with Crippen molar-refractivity contribution in [2.45, 2.75) is 6.92 Å². The maximum absolute atomic E-state index is 5.42. The van der Waals surface area contributed by atoms with E-state index < -0.39 is 0 Å². The molecule has 0 atom stereocenters. The number of nitrogens with zero attached hydrogens (tertiary/aromatic N) is 5. The molecule has 0 aliphatic rings. The lowest BCUT2D eigenvalue weighted by Crippen LogP contribution is -2.01. The Kier molecular flexibility index (Phi) is 3.46. The molecule has 2 aromatic heterocycles. The summed E-state index contributed by atoms with van der Waals surface area (Å²) in [6, 6.07) is 7.58. The van der Waals surface area contributed by atoms with E-state index in [4.69, 9.17) is 4.74 Å². The molecule has 3 rings (SSSR count). The van der Waals surface area contributed by atoms with Crippen LogP contribution in [0.25, 0.3) is 16.9 Å². The van der Waals surface area contributed by atoms with Gasteiger partial charge >= 0.3 is 0 Å². The summed E-state index contributed by atoms with van der Waals surface area (Å²) in [5.41, 5.74) is 2.10. The molecule has 0 spiro atoms. The van der Waals surface area contributed by atoms with Gasteiger partial charge in [0.1, 0.15) is 5.75 Å². The fourth-order valence-electron chi connectivity index (χ4n) is 1.91. The molecule has 0 saturated carbocycles. The standard InChI is InChI=1S/C14H14N6O/c1-3-15-14-16-9-12-13(17-14)20(19-18-12)10-5-7-11(8-6-10)21-4-2/h3,5-9H,1,4H2,2H3,(H,15,16,17). The van der Waals surface area contributed by atoms with Gasteiger partial charge in [0.15, 0.2) is 11.2 Å². The Morgan fingerprint density at radius 3 is 2.86 bits per heavy atom. The van der Waals surface area contributed by atoms with E-state index in [1.54, 1.807) is 10.9 Å². The van der Waals surface area contributed by atoms with Gasteiger partial charge in [-0.25, -0.2) is 4.98 Å². The zero-order valence-corrected chi connectivity index (χ0v) is 11.5. The Hall–Kier alpha value is -2.96. The molecule has 0 radical (unpaired) electrons. The lowest BCUT2D eigenvalue weighted by Gasteiger charge is -2.05. The first-order valence-corrected chi connectivity index (χ1v) is 6.51. The van der Waals surface area contributed by atoms with Crippen molar-refractivity contribution in [2.24, 2.45) is 0 Å². The predicted molar refractivity (Wildman–Crippen MR) is 79.4 cm³/mol. The molecule has 7 heteroatoms. The van der Waals surface area contributed by atoms with Crippen molar-refractivity contribution in [3.8, 4) is 11.4 Å². The molecule has 7 nitrogen and oxygen atoms in total. The molecule has 3 aromatic rings. The van der Waals surface area contributed by atoms with Crippen LogP contribution in [0.15, 0.2) is 43.2 Å². The van der Waals surface area contributed by atoms with Gasteiger partial charge in [-0.05, 0) is 37.4 Å². The third-order valence-corrected chi connectivity index (χ3v) is 2.82. The van der Waals surface area contributed by atoms with Crippen LogP contribution in [-0.4, -0.2) is 31.6 Å². The van der Waals surface area contributed by atoms with Gasteiger partial charge < -0.3 is 10.1 Å². The highest BCUT2D eigenvalue weighted by atomic mass is 16.5. The first-order valence-electron chi connectivity index (χ1n) is 6.51. The van der Waals surface area contributed by atoms with E-state index in [1.807, 2.05) is 31.2 Å². The van der Waals surface area contributed by atoms with Crippen molar-refractivity contribution in [1.29, 1.82) is 0 Å². The third kappa shape index (κ3) is 2.53. The summed E-state index contributed by atoms with van der Waals surface area (Å²) < 4.78 is 7.08. The number of fused-ring (bicyclic) bond motifs is 1. The molecule has 0 bridgehead atoms. The maximum atomic E-state index is 5.42. The lowest BCUT2D eigenvalue weighted by molar-refractivity contribution is 0.340. The molecule has 0 amide bonds. The molecule has 106 valence electrons. The van der Waals surface area contributed by atoms with Crippen LogP contribution in [-0.2, 0) is 0 Å². The number of nitrogens with one attached hydrogen (secondary N) is 1. The Morgan fingerprint density at radius 1 is 1.33 bits per heavy atom. The highest BCUT2D eigenvalue weighted by molar-refractivity contribution is 5.72. The van der Waals surface area contributed by atoms with Crippen LogP contribution in [0.3, 0.4) is 0 Å². The minimum absolute atomic E-state index is 0.451. The zero-order valence-electron chi connectivity index (χ0n) is 11.5. The van der Waals surface area contributed by atoms with Gasteiger partial charge in [-0.3, -0.25) is 0 Å². The molecular weight excluding hydrogens is 268 g/mol. The average molecular weight is 282 g/mol. The number of benzene rings is 1. The van der Waals surface area contributed by atoms with Crippen LogP contribution >= 0.6 is 0 Å². The number of ether oxygens (including phenoxy) is 1. The number of aromatic nitrogens is 5. The van der Waals surface area contributed by atoms with Crippen molar-refractivity contribution in [3.05, 3.63) is 43.2 Å². The van der Waals surface area contributed by atoms with Gasteiger partial charge in [-0.1, -0.05) is 11.8 Å². The quantitative estimate of drug-likeness (QED) is 0.772. The van der Waals surface area contributed by atoms with E-state index in [9.17, 15) is 0 Å². The van der Waals surface area contributed by atoms with Gasteiger partial charge in [0, 0.05) is 0 Å². The number of rotatable bonds is 5. The highest BCUT2D eigenvalue weighted by Gasteiger charge is 2.09. The fourth-order valence-corrected chi connectivity index (χ4v) is 1.91. The number of anilines is 1. The minimum Gasteiger partial charge on any atom is -0.494 e. The van der Waals surface area contributed by atoms with Crippen LogP contribution in [0, 0.1) is 0 Å². The first-order chi connectivity index (χ1) is 10.3. The van der Waals surface area contributed by atoms with Crippen molar-refractivity contribution in [3.63, 3.8) is 0 Å². The summed E-state index contributed by atoms with van der Waals surface area (Å²) in [4.78, 5) is 8.49. The van der Waals surface area contributed by atoms with E-state index in [0.29, 0.717) is 23.7 Å². The molecule has 2 heterocycles. The smallest absolute Gasteiger partial charge is 0.228 e. The molecule has 1 N–H and O–H groups in total. The SMILES string of the molecule is C=CNc1ncc2nnn(-c3ccc(OCC)cc3)c2n1. The average Bonchev–Trinajstić information content (AvgIpc) is 2.92. The summed E-state index contributed by atoms with van der Waals surface area (Å²) in [5, 5.41) is 11.0. The van der Waals surface area contributed by atoms with Crippen molar-refractivity contribution in [1.82, 2.24) is 25.0 Å². The predicted octanol–water partition coefficient (Wildman–Crippen LogP) is 2.16. The number of hydrogen-bond donors (Lipinski definition) is 1. The zero-order chi connectivity index (χ0) is 14.7. The van der Waals surface area contributed by atoms with E-state index in [0.717, 1.165) is 11.4 Å². The van der Waals surface area contributed by atoms with E-state index >= 15 is 0 Å². The van der Waals surface area contributed by atoms with Gasteiger partial charge in [0.25, 0.3) is 0 Å². The van der Waals surface area contributed by atoms with E-state index in [2.05, 4.69) is 32.2 Å². The number of hydrogen-bond acceptors (Lipinski definition) is 6. The van der Waals surface area contributed by atoms with Gasteiger partial charge in [0.2, 0.25) is 5.95 Å². The Labute approximate surface area is 121 Å². The summed E-state index contributed by atoms with van der Waals surface area (Å²) in [5.74, 6) is 1.27. The Morgan fingerprint density at radius 2 is 2.14 bits per heavy atom. The van der Waals surface area contributed by atoms with E-state index in [1.165, 1.54) is 6.20 Å². The minimum atomic E-state index is 0.451. The van der Waals surface area contributed by atoms with Crippen LogP contribution in [0.1, 0.15) is 6.92 Å². The van der Waals surface area contributed by atoms with Crippen LogP contribution in [0.5, 0.6) is 5.75 Å².